The summed E-state index contributed by atoms with van der Waals surface area (Å²) in [4.78, 5) is 2.31. The van der Waals surface area contributed by atoms with Crippen molar-refractivity contribution in [2.75, 3.05) is 36.5 Å². The maximum Gasteiger partial charge on any atom is 0.0942 e. The normalized spacial score (nSPS) is 16.9. The number of aliphatic hydroxyl groups excluding tert-OH is 2. The Morgan fingerprint density at radius 2 is 2.06 bits per heavy atom. The van der Waals surface area contributed by atoms with E-state index in [1.807, 2.05) is 18.2 Å². The molecule has 100 valence electrons. The van der Waals surface area contributed by atoms with E-state index < -0.39 is 6.10 Å². The molecule has 1 heterocycles. The number of anilines is 2. The molecule has 1 saturated heterocycles. The molecule has 1 aromatic rings. The molecule has 18 heavy (non-hydrogen) atoms. The Morgan fingerprint density at radius 3 is 2.72 bits per heavy atom. The Balaban J connectivity index is 2.12. The highest BCUT2D eigenvalue weighted by Gasteiger charge is 2.16. The minimum Gasteiger partial charge on any atom is -0.394 e. The van der Waals surface area contributed by atoms with Crippen molar-refractivity contribution in [2.45, 2.75) is 18.9 Å². The Kier molecular flexibility index (Phi) is 4.69. The average Bonchev–Trinajstić information content (AvgIpc) is 2.89. The molecule has 3 N–H and O–H groups in total. The Bertz CT molecular complexity index is 395. The molecule has 1 aliphatic heterocycles. The summed E-state index contributed by atoms with van der Waals surface area (Å²) in [5.74, 6) is 0. The smallest absolute Gasteiger partial charge is 0.0942 e. The molecule has 1 aromatic carbocycles. The monoisotopic (exact) mass is 270 g/mol. The fourth-order valence-electron chi connectivity index (χ4n) is 2.18. The summed E-state index contributed by atoms with van der Waals surface area (Å²) in [6, 6.07) is 5.74. The topological polar surface area (TPSA) is 55.7 Å². The predicted octanol–water partition coefficient (Wildman–Crippen LogP) is 1.71. The molecule has 0 spiro atoms. The molecule has 0 aliphatic carbocycles. The first-order valence-electron chi connectivity index (χ1n) is 6.28. The highest BCUT2D eigenvalue weighted by Crippen LogP contribution is 2.31. The highest BCUT2D eigenvalue weighted by atomic mass is 35.5. The molecule has 4 nitrogen and oxygen atoms in total. The van der Waals surface area contributed by atoms with E-state index >= 15 is 0 Å². The summed E-state index contributed by atoms with van der Waals surface area (Å²) in [6.45, 7) is 2.18. The van der Waals surface area contributed by atoms with Crippen molar-refractivity contribution in [3.63, 3.8) is 0 Å². The predicted molar refractivity (Wildman–Crippen MR) is 74.5 cm³/mol. The van der Waals surface area contributed by atoms with Crippen LogP contribution in [0.1, 0.15) is 12.8 Å². The van der Waals surface area contributed by atoms with Gasteiger partial charge in [-0.05, 0) is 31.0 Å². The van der Waals surface area contributed by atoms with Gasteiger partial charge in [0.1, 0.15) is 0 Å². The molecule has 0 saturated carbocycles. The number of aliphatic hydroxyl groups is 2. The molecule has 0 bridgehead atoms. The van der Waals surface area contributed by atoms with Gasteiger partial charge in [-0.2, -0.15) is 0 Å². The quantitative estimate of drug-likeness (QED) is 0.762. The maximum absolute atomic E-state index is 9.39. The molecular weight excluding hydrogens is 252 g/mol. The van der Waals surface area contributed by atoms with Crippen LogP contribution in [-0.2, 0) is 0 Å². The minimum absolute atomic E-state index is 0.243. The summed E-state index contributed by atoms with van der Waals surface area (Å²) in [5, 5.41) is 22.0. The van der Waals surface area contributed by atoms with Crippen LogP contribution in [0.4, 0.5) is 11.4 Å². The fourth-order valence-corrected chi connectivity index (χ4v) is 2.35. The van der Waals surface area contributed by atoms with E-state index in [1.54, 1.807) is 0 Å². The largest absolute Gasteiger partial charge is 0.394 e. The molecule has 0 aromatic heterocycles. The van der Waals surface area contributed by atoms with Crippen molar-refractivity contribution >= 4 is 23.0 Å². The van der Waals surface area contributed by atoms with Crippen molar-refractivity contribution in [2.24, 2.45) is 0 Å². The number of hydrogen-bond acceptors (Lipinski definition) is 4. The molecule has 1 unspecified atom stereocenters. The lowest BCUT2D eigenvalue weighted by molar-refractivity contribution is 0.105. The Labute approximate surface area is 112 Å². The third-order valence-electron chi connectivity index (χ3n) is 3.14. The lowest BCUT2D eigenvalue weighted by Crippen LogP contribution is -2.25. The van der Waals surface area contributed by atoms with Gasteiger partial charge >= 0.3 is 0 Å². The standard InChI is InChI=1S/C13H19ClN2O2/c14-10-3-4-13(16-5-1-2-6-16)12(7-10)15-8-11(18)9-17/h3-4,7,11,15,17-18H,1-2,5-6,8-9H2. The molecule has 5 heteroatoms. The Morgan fingerprint density at radius 1 is 1.33 bits per heavy atom. The second kappa shape index (κ2) is 6.27. The molecule has 0 amide bonds. The summed E-state index contributed by atoms with van der Waals surface area (Å²) in [5.41, 5.74) is 2.03. The van der Waals surface area contributed by atoms with Crippen LogP contribution in [0.2, 0.25) is 5.02 Å². The van der Waals surface area contributed by atoms with E-state index in [1.165, 1.54) is 12.8 Å². The van der Waals surface area contributed by atoms with Crippen LogP contribution in [0.3, 0.4) is 0 Å². The molecule has 0 radical (unpaired) electrons. The van der Waals surface area contributed by atoms with Crippen molar-refractivity contribution in [3.05, 3.63) is 23.2 Å². The number of benzene rings is 1. The van der Waals surface area contributed by atoms with Crippen molar-refractivity contribution in [1.82, 2.24) is 0 Å². The van der Waals surface area contributed by atoms with Gasteiger partial charge in [0, 0.05) is 24.7 Å². The first-order chi connectivity index (χ1) is 8.70. The van der Waals surface area contributed by atoms with E-state index in [0.717, 1.165) is 24.5 Å². The number of nitrogens with zero attached hydrogens (tertiary/aromatic N) is 1. The molecule has 1 aliphatic rings. The molecular formula is C13H19ClN2O2. The minimum atomic E-state index is -0.754. The molecule has 2 rings (SSSR count). The average molecular weight is 271 g/mol. The van der Waals surface area contributed by atoms with Gasteiger partial charge < -0.3 is 20.4 Å². The van der Waals surface area contributed by atoms with Crippen LogP contribution in [0.15, 0.2) is 18.2 Å². The zero-order valence-electron chi connectivity index (χ0n) is 10.3. The second-order valence-electron chi connectivity index (χ2n) is 4.57. The van der Waals surface area contributed by atoms with Gasteiger partial charge in [-0.1, -0.05) is 11.6 Å². The van der Waals surface area contributed by atoms with Crippen LogP contribution in [-0.4, -0.2) is 42.6 Å². The maximum atomic E-state index is 9.39. The SMILES string of the molecule is OCC(O)CNc1cc(Cl)ccc1N1CCCC1. The van der Waals surface area contributed by atoms with Crippen molar-refractivity contribution in [1.29, 1.82) is 0 Å². The van der Waals surface area contributed by atoms with E-state index in [0.29, 0.717) is 11.6 Å². The Hall–Kier alpha value is -0.970. The van der Waals surface area contributed by atoms with Crippen molar-refractivity contribution in [3.8, 4) is 0 Å². The lowest BCUT2D eigenvalue weighted by atomic mass is 10.2. The van der Waals surface area contributed by atoms with Crippen LogP contribution >= 0.6 is 11.6 Å². The van der Waals surface area contributed by atoms with Gasteiger partial charge in [-0.3, -0.25) is 0 Å². The second-order valence-corrected chi connectivity index (χ2v) is 5.01. The van der Waals surface area contributed by atoms with Crippen LogP contribution in [0.5, 0.6) is 0 Å². The molecule has 1 atom stereocenters. The van der Waals surface area contributed by atoms with E-state index in [9.17, 15) is 5.11 Å². The van der Waals surface area contributed by atoms with Crippen LogP contribution < -0.4 is 10.2 Å². The summed E-state index contributed by atoms with van der Waals surface area (Å²) >= 11 is 6.00. The number of rotatable bonds is 5. The van der Waals surface area contributed by atoms with Crippen LogP contribution in [0, 0.1) is 0 Å². The van der Waals surface area contributed by atoms with Gasteiger partial charge in [0.05, 0.1) is 24.1 Å². The van der Waals surface area contributed by atoms with Gasteiger partial charge in [0.15, 0.2) is 0 Å². The fraction of sp³-hybridized carbons (Fsp3) is 0.538. The zero-order valence-corrected chi connectivity index (χ0v) is 11.0. The van der Waals surface area contributed by atoms with Gasteiger partial charge in [-0.25, -0.2) is 0 Å². The summed E-state index contributed by atoms with van der Waals surface area (Å²) < 4.78 is 0. The third kappa shape index (κ3) is 3.28. The highest BCUT2D eigenvalue weighted by molar-refractivity contribution is 6.31. The van der Waals surface area contributed by atoms with Gasteiger partial charge in [0.2, 0.25) is 0 Å². The van der Waals surface area contributed by atoms with E-state index in [-0.39, 0.29) is 6.61 Å². The first kappa shape index (κ1) is 13.5. The lowest BCUT2D eigenvalue weighted by Gasteiger charge is -2.23. The van der Waals surface area contributed by atoms with Gasteiger partial charge in [-0.15, -0.1) is 0 Å². The summed E-state index contributed by atoms with van der Waals surface area (Å²) in [7, 11) is 0. The number of hydrogen-bond donors (Lipinski definition) is 3. The van der Waals surface area contributed by atoms with Crippen molar-refractivity contribution < 1.29 is 10.2 Å². The number of halogens is 1. The summed E-state index contributed by atoms with van der Waals surface area (Å²) in [6.07, 6.45) is 1.67. The third-order valence-corrected chi connectivity index (χ3v) is 3.38. The zero-order chi connectivity index (χ0) is 13.0. The van der Waals surface area contributed by atoms with Gasteiger partial charge in [0.25, 0.3) is 0 Å². The molecule has 1 fully saturated rings. The van der Waals surface area contributed by atoms with Crippen LogP contribution in [0.25, 0.3) is 0 Å². The number of nitrogens with one attached hydrogen (secondary N) is 1. The van der Waals surface area contributed by atoms with E-state index in [4.69, 9.17) is 16.7 Å². The first-order valence-corrected chi connectivity index (χ1v) is 6.66. The van der Waals surface area contributed by atoms with E-state index in [2.05, 4.69) is 10.2 Å².